The zero-order valence-electron chi connectivity index (χ0n) is 15.4. The number of piperidine rings is 2. The molecule has 0 N–H and O–H groups in total. The van der Waals surface area contributed by atoms with Crippen LogP contribution in [-0.2, 0) is 11.3 Å². The average Bonchev–Trinajstić information content (AvgIpc) is 2.94. The molecule has 0 unspecified atom stereocenters. The van der Waals surface area contributed by atoms with E-state index < -0.39 is 0 Å². The second kappa shape index (κ2) is 7.52. The van der Waals surface area contributed by atoms with Gasteiger partial charge in [-0.05, 0) is 45.1 Å². The third kappa shape index (κ3) is 4.37. The summed E-state index contributed by atoms with van der Waals surface area (Å²) in [5, 5.41) is 3.34. The molecule has 5 heteroatoms. The molecule has 134 valence electrons. The van der Waals surface area contributed by atoms with Gasteiger partial charge in [0.15, 0.2) is 0 Å². The normalized spacial score (nSPS) is 25.8. The van der Waals surface area contributed by atoms with E-state index in [1.165, 1.54) is 18.5 Å². The Bertz CT molecular complexity index is 571. The number of aryl methyl sites for hydroxylation is 1. The Balaban J connectivity index is 1.62. The Morgan fingerprint density at radius 1 is 1.33 bits per heavy atom. The van der Waals surface area contributed by atoms with E-state index in [4.69, 9.17) is 0 Å². The summed E-state index contributed by atoms with van der Waals surface area (Å²) in [5.74, 6) is 1.03. The molecule has 2 aliphatic heterocycles. The highest BCUT2D eigenvalue weighted by Gasteiger charge is 2.41. The van der Waals surface area contributed by atoms with Gasteiger partial charge in [0, 0.05) is 43.4 Å². The molecule has 2 aliphatic rings. The minimum atomic E-state index is 0.314. The van der Waals surface area contributed by atoms with E-state index in [0.29, 0.717) is 17.2 Å². The molecular weight excluding hydrogens is 318 g/mol. The fourth-order valence-corrected chi connectivity index (χ4v) is 4.81. The average molecular weight is 350 g/mol. The molecule has 0 radical (unpaired) electrons. The lowest BCUT2D eigenvalue weighted by molar-refractivity contribution is -0.139. The number of likely N-dealkylation sites (tertiary alicyclic amines) is 2. The van der Waals surface area contributed by atoms with Gasteiger partial charge in [-0.15, -0.1) is 11.3 Å². The number of amides is 1. The van der Waals surface area contributed by atoms with E-state index in [2.05, 4.69) is 40.9 Å². The van der Waals surface area contributed by atoms with Crippen molar-refractivity contribution < 1.29 is 4.79 Å². The van der Waals surface area contributed by atoms with Gasteiger partial charge in [0.25, 0.3) is 0 Å². The predicted octanol–water partition coefficient (Wildman–Crippen LogP) is 3.70. The molecule has 1 amide bonds. The van der Waals surface area contributed by atoms with Crippen molar-refractivity contribution in [3.8, 4) is 0 Å². The summed E-state index contributed by atoms with van der Waals surface area (Å²) < 4.78 is 0. The Morgan fingerprint density at radius 2 is 2.17 bits per heavy atom. The van der Waals surface area contributed by atoms with E-state index >= 15 is 0 Å². The number of rotatable bonds is 5. The number of thiazole rings is 1. The summed E-state index contributed by atoms with van der Waals surface area (Å²) in [5.41, 5.74) is 1.52. The van der Waals surface area contributed by atoms with Crippen molar-refractivity contribution in [3.05, 3.63) is 16.1 Å². The summed E-state index contributed by atoms with van der Waals surface area (Å²) in [6.45, 7) is 11.7. The fourth-order valence-electron chi connectivity index (χ4n) is 4.21. The summed E-state index contributed by atoms with van der Waals surface area (Å²) in [6, 6.07) is 0. The third-order valence-corrected chi connectivity index (χ3v) is 6.34. The molecule has 24 heavy (non-hydrogen) atoms. The molecule has 4 nitrogen and oxygen atoms in total. The first-order valence-corrected chi connectivity index (χ1v) is 10.2. The van der Waals surface area contributed by atoms with Gasteiger partial charge >= 0.3 is 0 Å². The quantitative estimate of drug-likeness (QED) is 0.813. The van der Waals surface area contributed by atoms with Crippen LogP contribution in [0.25, 0.3) is 0 Å². The van der Waals surface area contributed by atoms with Gasteiger partial charge in [0.05, 0.1) is 10.7 Å². The lowest BCUT2D eigenvalue weighted by Gasteiger charge is -2.48. The van der Waals surface area contributed by atoms with Crippen LogP contribution in [0.2, 0.25) is 0 Å². The van der Waals surface area contributed by atoms with Gasteiger partial charge in [-0.1, -0.05) is 13.8 Å². The van der Waals surface area contributed by atoms with Crippen molar-refractivity contribution in [1.29, 1.82) is 0 Å². The lowest BCUT2D eigenvalue weighted by Crippen LogP contribution is -2.54. The minimum Gasteiger partial charge on any atom is -0.342 e. The molecule has 0 aromatic carbocycles. The molecule has 2 saturated heterocycles. The standard InChI is InChI=1S/C19H31N3OS/c1-15(2)6-10-22-14-19(8-5-18(22)23)7-4-9-21(13-19)11-17-12-24-16(3)20-17/h12,15H,4-11,13-14H2,1-3H3/t19-/m1/s1. The van der Waals surface area contributed by atoms with Crippen LogP contribution in [0.1, 0.15) is 56.7 Å². The smallest absolute Gasteiger partial charge is 0.222 e. The number of carbonyl (C=O) groups is 1. The van der Waals surface area contributed by atoms with Crippen LogP contribution in [0, 0.1) is 18.3 Å². The zero-order valence-corrected chi connectivity index (χ0v) is 16.2. The molecule has 3 rings (SSSR count). The molecule has 0 bridgehead atoms. The van der Waals surface area contributed by atoms with Gasteiger partial charge in [0.1, 0.15) is 0 Å². The SMILES string of the molecule is Cc1nc(CN2CCC[C@@]3(CCC(=O)N(CCC(C)C)C3)C2)cs1. The van der Waals surface area contributed by atoms with Crippen LogP contribution < -0.4 is 0 Å². The van der Waals surface area contributed by atoms with E-state index in [0.717, 1.165) is 57.0 Å². The van der Waals surface area contributed by atoms with Crippen LogP contribution in [0.4, 0.5) is 0 Å². The minimum absolute atomic E-state index is 0.314. The monoisotopic (exact) mass is 349 g/mol. The number of hydrogen-bond donors (Lipinski definition) is 0. The highest BCUT2D eigenvalue weighted by atomic mass is 32.1. The fraction of sp³-hybridized carbons (Fsp3) is 0.789. The molecule has 1 aromatic heterocycles. The number of hydrogen-bond acceptors (Lipinski definition) is 4. The van der Waals surface area contributed by atoms with Gasteiger partial charge in [-0.25, -0.2) is 4.98 Å². The van der Waals surface area contributed by atoms with Crippen LogP contribution in [-0.4, -0.2) is 46.9 Å². The molecule has 1 atom stereocenters. The third-order valence-electron chi connectivity index (χ3n) is 5.52. The maximum Gasteiger partial charge on any atom is 0.222 e. The maximum absolute atomic E-state index is 12.3. The largest absolute Gasteiger partial charge is 0.342 e. The number of aromatic nitrogens is 1. The Labute approximate surface area is 150 Å². The number of nitrogens with zero attached hydrogens (tertiary/aromatic N) is 3. The highest BCUT2D eigenvalue weighted by Crippen LogP contribution is 2.39. The predicted molar refractivity (Wildman–Crippen MR) is 99.1 cm³/mol. The van der Waals surface area contributed by atoms with Crippen molar-refractivity contribution in [1.82, 2.24) is 14.8 Å². The first kappa shape index (κ1) is 17.9. The van der Waals surface area contributed by atoms with Crippen molar-refractivity contribution >= 4 is 17.2 Å². The van der Waals surface area contributed by atoms with Crippen molar-refractivity contribution in [2.45, 2.75) is 59.4 Å². The van der Waals surface area contributed by atoms with Gasteiger partial charge in [0.2, 0.25) is 5.91 Å². The Morgan fingerprint density at radius 3 is 2.88 bits per heavy atom. The molecule has 0 aliphatic carbocycles. The highest BCUT2D eigenvalue weighted by molar-refractivity contribution is 7.09. The maximum atomic E-state index is 12.3. The van der Waals surface area contributed by atoms with Crippen LogP contribution in [0.15, 0.2) is 5.38 Å². The molecule has 3 heterocycles. The molecule has 2 fully saturated rings. The lowest BCUT2D eigenvalue weighted by atomic mass is 9.73. The topological polar surface area (TPSA) is 36.4 Å². The molecule has 1 aromatic rings. The van der Waals surface area contributed by atoms with Crippen molar-refractivity contribution in [3.63, 3.8) is 0 Å². The second-order valence-corrected chi connectivity index (χ2v) is 9.23. The Kier molecular flexibility index (Phi) is 5.60. The van der Waals surface area contributed by atoms with Crippen LogP contribution in [0.3, 0.4) is 0 Å². The first-order chi connectivity index (χ1) is 11.5. The van der Waals surface area contributed by atoms with Gasteiger partial charge < -0.3 is 4.90 Å². The van der Waals surface area contributed by atoms with E-state index in [1.54, 1.807) is 11.3 Å². The summed E-state index contributed by atoms with van der Waals surface area (Å²) in [7, 11) is 0. The van der Waals surface area contributed by atoms with E-state index in [-0.39, 0.29) is 0 Å². The number of carbonyl (C=O) groups excluding carboxylic acids is 1. The first-order valence-electron chi connectivity index (χ1n) is 9.37. The van der Waals surface area contributed by atoms with Crippen LogP contribution >= 0.6 is 11.3 Å². The molecule has 1 spiro atoms. The molecule has 0 saturated carbocycles. The zero-order chi connectivity index (χ0) is 17.2. The molecular formula is C19H31N3OS. The summed E-state index contributed by atoms with van der Waals surface area (Å²) in [4.78, 5) is 21.7. The van der Waals surface area contributed by atoms with Crippen LogP contribution in [0.5, 0.6) is 0 Å². The Hall–Kier alpha value is -0.940. The van der Waals surface area contributed by atoms with E-state index in [1.807, 2.05) is 0 Å². The van der Waals surface area contributed by atoms with E-state index in [9.17, 15) is 4.79 Å². The van der Waals surface area contributed by atoms with Crippen molar-refractivity contribution in [2.24, 2.45) is 11.3 Å². The van der Waals surface area contributed by atoms with Gasteiger partial charge in [-0.2, -0.15) is 0 Å². The van der Waals surface area contributed by atoms with Gasteiger partial charge in [-0.3, -0.25) is 9.69 Å². The second-order valence-electron chi connectivity index (χ2n) is 8.17. The van der Waals surface area contributed by atoms with Crippen molar-refractivity contribution in [2.75, 3.05) is 26.2 Å². The summed E-state index contributed by atoms with van der Waals surface area (Å²) >= 11 is 1.74. The summed E-state index contributed by atoms with van der Waals surface area (Å²) in [6.07, 6.45) is 5.43.